The van der Waals surface area contributed by atoms with Crippen molar-refractivity contribution in [2.75, 3.05) is 6.61 Å². The van der Waals surface area contributed by atoms with E-state index in [1.807, 2.05) is 19.1 Å². The quantitative estimate of drug-likeness (QED) is 0.851. The largest absolute Gasteiger partial charge is 0.494 e. The van der Waals surface area contributed by atoms with Crippen molar-refractivity contribution in [2.45, 2.75) is 45.1 Å². The van der Waals surface area contributed by atoms with Crippen LogP contribution in [0, 0.1) is 0 Å². The van der Waals surface area contributed by atoms with Gasteiger partial charge in [-0.2, -0.15) is 0 Å². The number of ether oxygens (including phenoxy) is 1. The Morgan fingerprint density at radius 2 is 2.05 bits per heavy atom. The predicted molar refractivity (Wildman–Crippen MR) is 73.6 cm³/mol. The molecule has 0 aromatic heterocycles. The Morgan fingerprint density at radius 1 is 1.37 bits per heavy atom. The van der Waals surface area contributed by atoms with Crippen molar-refractivity contribution >= 4 is 5.97 Å². The molecule has 0 saturated carbocycles. The lowest BCUT2D eigenvalue weighted by molar-refractivity contribution is -0.138. The van der Waals surface area contributed by atoms with Gasteiger partial charge in [0.2, 0.25) is 0 Å². The van der Waals surface area contributed by atoms with Gasteiger partial charge in [0.1, 0.15) is 11.8 Å². The number of aliphatic carboxylic acids is 1. The Hall–Kier alpha value is -1.55. The molecule has 0 aliphatic heterocycles. The van der Waals surface area contributed by atoms with Crippen molar-refractivity contribution in [1.29, 1.82) is 0 Å². The number of nitrogens with two attached hydrogens (primary N) is 1. The van der Waals surface area contributed by atoms with Gasteiger partial charge in [-0.25, -0.2) is 0 Å². The zero-order valence-electron chi connectivity index (χ0n) is 11.3. The van der Waals surface area contributed by atoms with Crippen LogP contribution < -0.4 is 10.5 Å². The van der Waals surface area contributed by atoms with Gasteiger partial charge in [-0.1, -0.05) is 6.07 Å². The normalized spacial score (nSPS) is 15.7. The minimum Gasteiger partial charge on any atom is -0.494 e. The molecule has 4 nitrogen and oxygen atoms in total. The van der Waals surface area contributed by atoms with Gasteiger partial charge in [-0.15, -0.1) is 0 Å². The average Bonchev–Trinajstić information content (AvgIpc) is 2.41. The molecule has 0 radical (unpaired) electrons. The third-order valence-corrected chi connectivity index (χ3v) is 3.65. The number of hydrogen-bond acceptors (Lipinski definition) is 3. The molecule has 1 aliphatic rings. The van der Waals surface area contributed by atoms with Crippen LogP contribution in [0.2, 0.25) is 0 Å². The van der Waals surface area contributed by atoms with Crippen LogP contribution in [0.4, 0.5) is 0 Å². The molecule has 1 atom stereocenters. The van der Waals surface area contributed by atoms with Crippen LogP contribution >= 0.6 is 0 Å². The molecule has 0 spiro atoms. The van der Waals surface area contributed by atoms with Crippen LogP contribution in [0.1, 0.15) is 36.5 Å². The molecule has 0 amide bonds. The highest BCUT2D eigenvalue weighted by atomic mass is 16.5. The van der Waals surface area contributed by atoms with Gasteiger partial charge < -0.3 is 15.6 Å². The lowest BCUT2D eigenvalue weighted by atomic mass is 9.85. The van der Waals surface area contributed by atoms with Crippen LogP contribution in [0.5, 0.6) is 5.75 Å². The van der Waals surface area contributed by atoms with E-state index in [2.05, 4.69) is 0 Å². The number of rotatable bonds is 5. The fourth-order valence-electron chi connectivity index (χ4n) is 2.72. The Kier molecular flexibility index (Phi) is 4.43. The first-order valence-electron chi connectivity index (χ1n) is 6.88. The summed E-state index contributed by atoms with van der Waals surface area (Å²) in [5, 5.41) is 8.94. The lowest BCUT2D eigenvalue weighted by Gasteiger charge is -2.23. The Balaban J connectivity index is 2.32. The number of carboxylic acid groups (broad SMARTS) is 1. The second-order valence-corrected chi connectivity index (χ2v) is 4.97. The molecule has 1 aliphatic carbocycles. The summed E-state index contributed by atoms with van der Waals surface area (Å²) in [5.74, 6) is 0.00305. The van der Waals surface area contributed by atoms with E-state index in [0.717, 1.165) is 30.6 Å². The van der Waals surface area contributed by atoms with E-state index >= 15 is 0 Å². The zero-order valence-corrected chi connectivity index (χ0v) is 11.3. The molecule has 1 aromatic rings. The first-order valence-corrected chi connectivity index (χ1v) is 6.88. The van der Waals surface area contributed by atoms with Crippen molar-refractivity contribution in [2.24, 2.45) is 5.73 Å². The summed E-state index contributed by atoms with van der Waals surface area (Å²) in [6.07, 6.45) is 4.72. The van der Waals surface area contributed by atoms with Crippen LogP contribution in [0.25, 0.3) is 0 Å². The summed E-state index contributed by atoms with van der Waals surface area (Å²) >= 11 is 0. The van der Waals surface area contributed by atoms with Gasteiger partial charge >= 0.3 is 5.97 Å². The number of fused-ring (bicyclic) bond motifs is 1. The van der Waals surface area contributed by atoms with Crippen molar-refractivity contribution in [3.05, 3.63) is 28.8 Å². The van der Waals surface area contributed by atoms with Gasteiger partial charge in [-0.05, 0) is 61.8 Å². The smallest absolute Gasteiger partial charge is 0.320 e. The molecule has 0 bridgehead atoms. The minimum absolute atomic E-state index is 0.393. The molecule has 104 valence electrons. The minimum atomic E-state index is -0.946. The molecular formula is C15H21NO3. The first-order chi connectivity index (χ1) is 9.13. The molecule has 1 unspecified atom stereocenters. The van der Waals surface area contributed by atoms with E-state index in [1.54, 1.807) is 0 Å². The fraction of sp³-hybridized carbons (Fsp3) is 0.533. The fourth-order valence-corrected chi connectivity index (χ4v) is 2.72. The predicted octanol–water partition coefficient (Wildman–Crippen LogP) is 1.92. The molecule has 1 aromatic carbocycles. The molecule has 4 heteroatoms. The van der Waals surface area contributed by atoms with Crippen molar-refractivity contribution in [3.8, 4) is 5.75 Å². The maximum absolute atomic E-state index is 10.9. The maximum Gasteiger partial charge on any atom is 0.320 e. The first kappa shape index (κ1) is 13.9. The zero-order chi connectivity index (χ0) is 13.8. The summed E-state index contributed by atoms with van der Waals surface area (Å²) in [5.41, 5.74) is 9.22. The Labute approximate surface area is 113 Å². The van der Waals surface area contributed by atoms with Gasteiger partial charge in [-0.3, -0.25) is 4.79 Å². The van der Waals surface area contributed by atoms with Gasteiger partial charge in [0.15, 0.2) is 0 Å². The van der Waals surface area contributed by atoms with E-state index in [1.165, 1.54) is 17.5 Å². The van der Waals surface area contributed by atoms with E-state index < -0.39 is 12.0 Å². The molecule has 3 N–H and O–H groups in total. The third-order valence-electron chi connectivity index (χ3n) is 3.65. The molecule has 0 saturated heterocycles. The van der Waals surface area contributed by atoms with Crippen molar-refractivity contribution in [3.63, 3.8) is 0 Å². The summed E-state index contributed by atoms with van der Waals surface area (Å²) < 4.78 is 5.66. The second-order valence-electron chi connectivity index (χ2n) is 4.97. The monoisotopic (exact) mass is 263 g/mol. The topological polar surface area (TPSA) is 72.5 Å². The van der Waals surface area contributed by atoms with Crippen LogP contribution in [0.3, 0.4) is 0 Å². The van der Waals surface area contributed by atoms with E-state index in [9.17, 15) is 4.79 Å². The number of carbonyl (C=O) groups is 1. The SMILES string of the molecule is CCOc1ccc(CC(N)C(=O)O)c2c1CCCC2. The van der Waals surface area contributed by atoms with Crippen LogP contribution in [-0.2, 0) is 24.1 Å². The summed E-state index contributed by atoms with van der Waals surface area (Å²) in [7, 11) is 0. The number of hydrogen-bond donors (Lipinski definition) is 2. The van der Waals surface area contributed by atoms with E-state index in [0.29, 0.717) is 13.0 Å². The molecular weight excluding hydrogens is 242 g/mol. The van der Waals surface area contributed by atoms with Crippen LogP contribution in [-0.4, -0.2) is 23.7 Å². The number of carboxylic acids is 1. The maximum atomic E-state index is 10.9. The van der Waals surface area contributed by atoms with Gasteiger partial charge in [0.05, 0.1) is 6.61 Å². The molecule has 19 heavy (non-hydrogen) atoms. The third kappa shape index (κ3) is 3.07. The van der Waals surface area contributed by atoms with Gasteiger partial charge in [0, 0.05) is 0 Å². The van der Waals surface area contributed by atoms with Crippen LogP contribution in [0.15, 0.2) is 12.1 Å². The highest BCUT2D eigenvalue weighted by Gasteiger charge is 2.20. The highest BCUT2D eigenvalue weighted by Crippen LogP contribution is 2.32. The molecule has 0 heterocycles. The number of benzene rings is 1. The standard InChI is InChI=1S/C15H21NO3/c1-2-19-14-8-7-10(9-13(16)15(17)18)11-5-3-4-6-12(11)14/h7-8,13H,2-6,9,16H2,1H3,(H,17,18). The van der Waals surface area contributed by atoms with Gasteiger partial charge in [0.25, 0.3) is 0 Å². The van der Waals surface area contributed by atoms with Crippen molar-refractivity contribution < 1.29 is 14.6 Å². The lowest BCUT2D eigenvalue weighted by Crippen LogP contribution is -2.32. The average molecular weight is 263 g/mol. The summed E-state index contributed by atoms with van der Waals surface area (Å²) in [6, 6.07) is 3.10. The summed E-state index contributed by atoms with van der Waals surface area (Å²) in [6.45, 7) is 2.63. The Morgan fingerprint density at radius 3 is 2.68 bits per heavy atom. The van der Waals surface area contributed by atoms with E-state index in [4.69, 9.17) is 15.6 Å². The summed E-state index contributed by atoms with van der Waals surface area (Å²) in [4.78, 5) is 10.9. The highest BCUT2D eigenvalue weighted by molar-refractivity contribution is 5.73. The molecule has 2 rings (SSSR count). The second kappa shape index (κ2) is 6.06. The van der Waals surface area contributed by atoms with Crippen molar-refractivity contribution in [1.82, 2.24) is 0 Å². The van der Waals surface area contributed by atoms with E-state index in [-0.39, 0.29) is 0 Å². The molecule has 0 fully saturated rings. The Bertz CT molecular complexity index is 471.